The van der Waals surface area contributed by atoms with Gasteiger partial charge in [-0.3, -0.25) is 14.7 Å². The lowest BCUT2D eigenvalue weighted by Gasteiger charge is -2.36. The van der Waals surface area contributed by atoms with Crippen molar-refractivity contribution in [2.45, 2.75) is 6.54 Å². The Labute approximate surface area is 198 Å². The van der Waals surface area contributed by atoms with E-state index < -0.39 is 5.82 Å². The predicted molar refractivity (Wildman–Crippen MR) is 130 cm³/mol. The summed E-state index contributed by atoms with van der Waals surface area (Å²) in [5.41, 5.74) is 8.44. The molecule has 0 unspecified atom stereocenters. The maximum Gasteiger partial charge on any atom is 0.324 e. The van der Waals surface area contributed by atoms with Crippen molar-refractivity contribution in [3.05, 3.63) is 83.9 Å². The minimum atomic E-state index is -0.543. The first-order valence-corrected chi connectivity index (χ1v) is 11.2. The second-order valence-corrected chi connectivity index (χ2v) is 8.38. The van der Waals surface area contributed by atoms with Crippen molar-refractivity contribution in [2.75, 3.05) is 44.7 Å². The van der Waals surface area contributed by atoms with Crippen LogP contribution in [0.4, 0.5) is 14.9 Å². The van der Waals surface area contributed by atoms with Crippen LogP contribution in [0.15, 0.2) is 67.0 Å². The molecule has 34 heavy (non-hydrogen) atoms. The average molecular weight is 462 g/mol. The molecule has 4 rings (SSSR count). The van der Waals surface area contributed by atoms with Crippen LogP contribution in [0.2, 0.25) is 0 Å². The van der Waals surface area contributed by atoms with Gasteiger partial charge in [-0.15, -0.1) is 0 Å². The maximum atomic E-state index is 15.0. The highest BCUT2D eigenvalue weighted by molar-refractivity contribution is 5.97. The number of nitrogens with two attached hydrogens (primary N) is 1. The third-order valence-corrected chi connectivity index (χ3v) is 6.05. The molecule has 0 bridgehead atoms. The van der Waals surface area contributed by atoms with Crippen LogP contribution in [0, 0.1) is 5.82 Å². The van der Waals surface area contributed by atoms with Crippen molar-refractivity contribution in [3.63, 3.8) is 0 Å². The topological polar surface area (TPSA) is 82.8 Å². The Balaban J connectivity index is 1.68. The molecule has 1 saturated heterocycles. The van der Waals surface area contributed by atoms with Gasteiger partial charge in [0.2, 0.25) is 0 Å². The second-order valence-electron chi connectivity index (χ2n) is 8.38. The van der Waals surface area contributed by atoms with Crippen molar-refractivity contribution in [2.24, 2.45) is 5.73 Å². The molecule has 2 N–H and O–H groups in total. The fraction of sp³-hybridized carbons (Fsp3) is 0.269. The zero-order chi connectivity index (χ0) is 24.1. The summed E-state index contributed by atoms with van der Waals surface area (Å²) in [6.07, 6.45) is 3.47. The first kappa shape index (κ1) is 23.5. The summed E-state index contributed by atoms with van der Waals surface area (Å²) in [5, 5.41) is 0. The third-order valence-electron chi connectivity index (χ3n) is 6.05. The quantitative estimate of drug-likeness (QED) is 0.569. The van der Waals surface area contributed by atoms with Crippen molar-refractivity contribution in [1.82, 2.24) is 14.8 Å². The van der Waals surface area contributed by atoms with Crippen molar-refractivity contribution >= 4 is 17.5 Å². The van der Waals surface area contributed by atoms with E-state index in [1.54, 1.807) is 34.3 Å². The van der Waals surface area contributed by atoms with Crippen molar-refractivity contribution in [3.8, 4) is 11.1 Å². The minimum absolute atomic E-state index is 0.0323. The largest absolute Gasteiger partial charge is 0.324 e. The van der Waals surface area contributed by atoms with E-state index in [2.05, 4.69) is 9.88 Å². The van der Waals surface area contributed by atoms with E-state index in [-0.39, 0.29) is 30.5 Å². The number of piperazine rings is 1. The minimum Gasteiger partial charge on any atom is -0.324 e. The monoisotopic (exact) mass is 461 g/mol. The Morgan fingerprint density at radius 3 is 2.47 bits per heavy atom. The summed E-state index contributed by atoms with van der Waals surface area (Å²) in [7, 11) is 2.02. The molecule has 1 aliphatic rings. The normalized spacial score (nSPS) is 14.1. The van der Waals surface area contributed by atoms with Gasteiger partial charge in [0.05, 0.1) is 13.1 Å². The molecule has 1 aromatic heterocycles. The fourth-order valence-corrected chi connectivity index (χ4v) is 3.96. The van der Waals surface area contributed by atoms with Gasteiger partial charge in [-0.2, -0.15) is 0 Å². The van der Waals surface area contributed by atoms with Gasteiger partial charge in [0, 0.05) is 61.0 Å². The summed E-state index contributed by atoms with van der Waals surface area (Å²) in [6.45, 7) is 2.60. The lowest BCUT2D eigenvalue weighted by atomic mass is 10.1. The number of ketones is 1. The Hall–Kier alpha value is -3.62. The van der Waals surface area contributed by atoms with Crippen LogP contribution in [0.25, 0.3) is 11.1 Å². The standard InChI is InChI=1S/C26H28FN5O2/c1-30-10-12-31(13-11-30)26(34)32(18-22-8-7-20(15-24(22)27)25(33)16-28)23-6-2-4-19(14-23)21-5-3-9-29-17-21/h2-9,14-15,17H,10-13,16,18,28H2,1H3. The highest BCUT2D eigenvalue weighted by Crippen LogP contribution is 2.27. The van der Waals surface area contributed by atoms with E-state index in [9.17, 15) is 14.0 Å². The van der Waals surface area contributed by atoms with E-state index in [0.29, 0.717) is 24.3 Å². The highest BCUT2D eigenvalue weighted by Gasteiger charge is 2.26. The smallest absolute Gasteiger partial charge is 0.324 e. The number of hydrogen-bond donors (Lipinski definition) is 1. The number of anilines is 1. The van der Waals surface area contributed by atoms with Crippen LogP contribution in [-0.4, -0.2) is 66.4 Å². The molecule has 2 heterocycles. The number of nitrogens with zero attached hydrogens (tertiary/aromatic N) is 4. The number of pyridine rings is 1. The van der Waals surface area contributed by atoms with Gasteiger partial charge in [0.25, 0.3) is 0 Å². The van der Waals surface area contributed by atoms with Crippen LogP contribution in [-0.2, 0) is 6.54 Å². The molecular weight excluding hydrogens is 433 g/mol. The highest BCUT2D eigenvalue weighted by atomic mass is 19.1. The third kappa shape index (κ3) is 5.30. The molecule has 1 fully saturated rings. The predicted octanol–water partition coefficient (Wildman–Crippen LogP) is 3.40. The first-order chi connectivity index (χ1) is 16.5. The zero-order valence-corrected chi connectivity index (χ0v) is 19.2. The van der Waals surface area contributed by atoms with Gasteiger partial charge in [-0.1, -0.05) is 30.3 Å². The Morgan fingerprint density at radius 2 is 1.79 bits per heavy atom. The second kappa shape index (κ2) is 10.5. The molecule has 0 radical (unpaired) electrons. The number of carbonyl (C=O) groups is 2. The molecule has 2 amide bonds. The van der Waals surface area contributed by atoms with E-state index in [4.69, 9.17) is 5.73 Å². The molecule has 0 atom stereocenters. The molecule has 0 aliphatic carbocycles. The number of carbonyl (C=O) groups excluding carboxylic acids is 2. The lowest BCUT2D eigenvalue weighted by Crippen LogP contribution is -2.52. The number of urea groups is 1. The van der Waals surface area contributed by atoms with E-state index in [0.717, 1.165) is 24.2 Å². The van der Waals surface area contributed by atoms with Gasteiger partial charge in [-0.05, 0) is 36.9 Å². The number of amides is 2. The zero-order valence-electron chi connectivity index (χ0n) is 19.2. The first-order valence-electron chi connectivity index (χ1n) is 11.2. The number of hydrogen-bond acceptors (Lipinski definition) is 5. The Morgan fingerprint density at radius 1 is 1.03 bits per heavy atom. The summed E-state index contributed by atoms with van der Waals surface area (Å²) in [5.74, 6) is -0.876. The maximum absolute atomic E-state index is 15.0. The average Bonchev–Trinajstić information content (AvgIpc) is 2.88. The molecular formula is C26H28FN5O2. The Kier molecular flexibility index (Phi) is 7.30. The molecule has 0 spiro atoms. The fourth-order valence-electron chi connectivity index (χ4n) is 3.96. The Bertz CT molecular complexity index is 1160. The van der Waals surface area contributed by atoms with Crippen molar-refractivity contribution in [1.29, 1.82) is 0 Å². The number of halogens is 1. The summed E-state index contributed by atoms with van der Waals surface area (Å²) in [6, 6.07) is 15.5. The number of benzene rings is 2. The molecule has 7 nitrogen and oxygen atoms in total. The number of Topliss-reactive ketones (excluding diaryl/α,β-unsaturated/α-hetero) is 1. The lowest BCUT2D eigenvalue weighted by molar-refractivity contribution is 0.100. The molecule has 8 heteroatoms. The van der Waals surface area contributed by atoms with E-state index in [1.807, 2.05) is 43.4 Å². The number of rotatable bonds is 6. The van der Waals surface area contributed by atoms with Crippen LogP contribution in [0.3, 0.4) is 0 Å². The van der Waals surface area contributed by atoms with E-state index >= 15 is 0 Å². The number of aromatic nitrogens is 1. The van der Waals surface area contributed by atoms with Crippen LogP contribution in [0.1, 0.15) is 15.9 Å². The molecule has 3 aromatic rings. The molecule has 1 aliphatic heterocycles. The number of likely N-dealkylation sites (N-methyl/N-ethyl adjacent to an activating group) is 1. The summed E-state index contributed by atoms with van der Waals surface area (Å²) >= 11 is 0. The molecule has 0 saturated carbocycles. The summed E-state index contributed by atoms with van der Waals surface area (Å²) < 4.78 is 15.0. The van der Waals surface area contributed by atoms with Crippen molar-refractivity contribution < 1.29 is 14.0 Å². The van der Waals surface area contributed by atoms with Crippen LogP contribution >= 0.6 is 0 Å². The van der Waals surface area contributed by atoms with Crippen LogP contribution in [0.5, 0.6) is 0 Å². The van der Waals surface area contributed by atoms with Gasteiger partial charge in [0.15, 0.2) is 5.78 Å². The van der Waals surface area contributed by atoms with Crippen LogP contribution < -0.4 is 10.6 Å². The molecule has 176 valence electrons. The van der Waals surface area contributed by atoms with E-state index in [1.165, 1.54) is 6.07 Å². The molecule has 2 aromatic carbocycles. The van der Waals surface area contributed by atoms with Gasteiger partial charge < -0.3 is 15.5 Å². The SMILES string of the molecule is CN1CCN(C(=O)N(Cc2ccc(C(=O)CN)cc2F)c2cccc(-c3cccnc3)c2)CC1. The van der Waals surface area contributed by atoms with Gasteiger partial charge >= 0.3 is 6.03 Å². The summed E-state index contributed by atoms with van der Waals surface area (Å²) in [4.78, 5) is 35.2. The van der Waals surface area contributed by atoms with Gasteiger partial charge in [0.1, 0.15) is 5.82 Å². The van der Waals surface area contributed by atoms with Gasteiger partial charge in [-0.25, -0.2) is 9.18 Å².